The number of nitriles is 1. The molecule has 1 unspecified atom stereocenters. The monoisotopic (exact) mass is 432 g/mol. The van der Waals surface area contributed by atoms with Crippen LogP contribution in [0.1, 0.15) is 12.8 Å². The van der Waals surface area contributed by atoms with Crippen molar-refractivity contribution in [3.63, 3.8) is 0 Å². The summed E-state index contributed by atoms with van der Waals surface area (Å²) in [6.07, 6.45) is 7.55. The van der Waals surface area contributed by atoms with E-state index in [1.54, 1.807) is 24.8 Å². The number of hydrazone groups is 1. The van der Waals surface area contributed by atoms with Crippen molar-refractivity contribution in [2.75, 3.05) is 37.4 Å². The zero-order valence-corrected chi connectivity index (χ0v) is 17.7. The minimum absolute atomic E-state index is 0.397. The highest BCUT2D eigenvalue weighted by Gasteiger charge is 2.35. The molecular formula is C21H24N10O. The molecule has 2 aromatic rings. The van der Waals surface area contributed by atoms with E-state index in [0.717, 1.165) is 41.4 Å². The maximum absolute atomic E-state index is 9.50. The maximum Gasteiger partial charge on any atom is 0.169 e. The quantitative estimate of drug-likeness (QED) is 0.533. The second kappa shape index (κ2) is 8.68. The summed E-state index contributed by atoms with van der Waals surface area (Å²) in [5.41, 5.74) is 3.58. The lowest BCUT2D eigenvalue weighted by Gasteiger charge is -2.26. The molecule has 2 aliphatic heterocycles. The van der Waals surface area contributed by atoms with Gasteiger partial charge in [0, 0.05) is 31.5 Å². The van der Waals surface area contributed by atoms with Crippen molar-refractivity contribution in [2.24, 2.45) is 10.1 Å². The molecule has 0 amide bonds. The summed E-state index contributed by atoms with van der Waals surface area (Å²) in [7, 11) is 1.67. The molecule has 11 heteroatoms. The SMILES string of the molecule is COCCNc1ccc(NC2=NN3C(=NCC3C#N)C(NC3CC3)=C2)cc1-n1cnnc1. The van der Waals surface area contributed by atoms with Crippen LogP contribution in [0, 0.1) is 11.3 Å². The lowest BCUT2D eigenvalue weighted by Crippen LogP contribution is -2.40. The minimum Gasteiger partial charge on any atom is -0.383 e. The van der Waals surface area contributed by atoms with E-state index in [1.807, 2.05) is 28.8 Å². The van der Waals surface area contributed by atoms with Gasteiger partial charge in [-0.1, -0.05) is 0 Å². The Hall–Kier alpha value is -3.91. The van der Waals surface area contributed by atoms with Crippen LogP contribution in [0.5, 0.6) is 0 Å². The van der Waals surface area contributed by atoms with Gasteiger partial charge in [0.15, 0.2) is 17.7 Å². The molecule has 3 N–H and O–H groups in total. The zero-order chi connectivity index (χ0) is 21.9. The number of nitrogens with one attached hydrogen (secondary N) is 3. The van der Waals surface area contributed by atoms with E-state index in [4.69, 9.17) is 4.74 Å². The normalized spacial score (nSPS) is 19.4. The van der Waals surface area contributed by atoms with Crippen LogP contribution in [-0.4, -0.2) is 70.3 Å². The van der Waals surface area contributed by atoms with Crippen LogP contribution in [0.3, 0.4) is 0 Å². The second-order valence-corrected chi connectivity index (χ2v) is 7.76. The first-order valence-corrected chi connectivity index (χ1v) is 10.5. The highest BCUT2D eigenvalue weighted by atomic mass is 16.5. The molecule has 1 atom stereocenters. The van der Waals surface area contributed by atoms with E-state index >= 15 is 0 Å². The largest absolute Gasteiger partial charge is 0.383 e. The van der Waals surface area contributed by atoms with Gasteiger partial charge in [0.2, 0.25) is 0 Å². The van der Waals surface area contributed by atoms with Gasteiger partial charge in [-0.05, 0) is 31.0 Å². The number of hydrogen-bond donors (Lipinski definition) is 3. The number of nitrogens with zero attached hydrogens (tertiary/aromatic N) is 7. The molecule has 164 valence electrons. The highest BCUT2D eigenvalue weighted by Crippen LogP contribution is 2.27. The topological polar surface area (TPSA) is 128 Å². The van der Waals surface area contributed by atoms with Crippen molar-refractivity contribution in [1.29, 1.82) is 5.26 Å². The molecule has 5 rings (SSSR count). The number of aliphatic imine (C=N–C) groups is 1. The number of rotatable bonds is 8. The Kier molecular flexibility index (Phi) is 5.43. The highest BCUT2D eigenvalue weighted by molar-refractivity contribution is 6.13. The van der Waals surface area contributed by atoms with E-state index in [2.05, 4.69) is 42.3 Å². The Bertz CT molecular complexity index is 1110. The lowest BCUT2D eigenvalue weighted by atomic mass is 10.2. The van der Waals surface area contributed by atoms with Crippen molar-refractivity contribution in [2.45, 2.75) is 24.9 Å². The van der Waals surface area contributed by atoms with Crippen molar-refractivity contribution < 1.29 is 4.74 Å². The Morgan fingerprint density at radius 1 is 1.25 bits per heavy atom. The molecular weight excluding hydrogens is 408 g/mol. The molecule has 11 nitrogen and oxygen atoms in total. The van der Waals surface area contributed by atoms with Crippen LogP contribution in [0.15, 0.2) is 52.7 Å². The number of methoxy groups -OCH3 is 1. The predicted octanol–water partition coefficient (Wildman–Crippen LogP) is 1.31. The predicted molar refractivity (Wildman–Crippen MR) is 121 cm³/mol. The Balaban J connectivity index is 1.42. The molecule has 1 fully saturated rings. The molecule has 0 saturated heterocycles. The van der Waals surface area contributed by atoms with Gasteiger partial charge in [0.1, 0.15) is 12.7 Å². The summed E-state index contributed by atoms with van der Waals surface area (Å²) in [6.45, 7) is 1.70. The van der Waals surface area contributed by atoms with Gasteiger partial charge in [-0.15, -0.1) is 10.2 Å². The average molecular weight is 432 g/mol. The van der Waals surface area contributed by atoms with Gasteiger partial charge in [-0.2, -0.15) is 10.4 Å². The van der Waals surface area contributed by atoms with Crippen molar-refractivity contribution >= 4 is 23.0 Å². The number of amidine groups is 2. The molecule has 3 heterocycles. The van der Waals surface area contributed by atoms with E-state index in [1.165, 1.54) is 0 Å². The second-order valence-electron chi connectivity index (χ2n) is 7.76. The van der Waals surface area contributed by atoms with Gasteiger partial charge in [0.05, 0.1) is 36.3 Å². The summed E-state index contributed by atoms with van der Waals surface area (Å²) in [4.78, 5) is 4.53. The molecule has 0 radical (unpaired) electrons. The van der Waals surface area contributed by atoms with E-state index in [0.29, 0.717) is 31.6 Å². The summed E-state index contributed by atoms with van der Waals surface area (Å²) < 4.78 is 6.98. The molecule has 1 aromatic carbocycles. The number of fused-ring (bicyclic) bond motifs is 1. The molecule has 32 heavy (non-hydrogen) atoms. The van der Waals surface area contributed by atoms with Gasteiger partial charge >= 0.3 is 0 Å². The van der Waals surface area contributed by atoms with Crippen molar-refractivity contribution in [3.8, 4) is 11.8 Å². The van der Waals surface area contributed by atoms with Gasteiger partial charge in [-0.25, -0.2) is 5.01 Å². The zero-order valence-electron chi connectivity index (χ0n) is 17.7. The van der Waals surface area contributed by atoms with Crippen LogP contribution >= 0.6 is 0 Å². The summed E-state index contributed by atoms with van der Waals surface area (Å²) >= 11 is 0. The molecule has 0 spiro atoms. The fourth-order valence-electron chi connectivity index (χ4n) is 3.59. The minimum atomic E-state index is -0.397. The van der Waals surface area contributed by atoms with Crippen LogP contribution < -0.4 is 16.0 Å². The van der Waals surface area contributed by atoms with Gasteiger partial charge < -0.3 is 20.7 Å². The average Bonchev–Trinajstić information content (AvgIpc) is 3.28. The van der Waals surface area contributed by atoms with E-state index in [9.17, 15) is 5.26 Å². The summed E-state index contributed by atoms with van der Waals surface area (Å²) in [5, 5.41) is 34.0. The lowest BCUT2D eigenvalue weighted by molar-refractivity contribution is 0.211. The first-order chi connectivity index (χ1) is 15.7. The molecule has 3 aliphatic rings. The van der Waals surface area contributed by atoms with Gasteiger partial charge in [0.25, 0.3) is 0 Å². The van der Waals surface area contributed by atoms with Crippen LogP contribution in [0.25, 0.3) is 5.69 Å². The van der Waals surface area contributed by atoms with Crippen molar-refractivity contribution in [1.82, 2.24) is 25.1 Å². The molecule has 1 aliphatic carbocycles. The first-order valence-electron chi connectivity index (χ1n) is 10.5. The smallest absolute Gasteiger partial charge is 0.169 e. The number of ether oxygens (including phenoxy) is 1. The Morgan fingerprint density at radius 2 is 2.09 bits per heavy atom. The third-order valence-electron chi connectivity index (χ3n) is 5.34. The molecule has 0 bridgehead atoms. The van der Waals surface area contributed by atoms with Crippen LogP contribution in [-0.2, 0) is 4.74 Å². The standard InChI is InChI=1S/C21H24N10O/c1-32-7-6-23-17-5-4-15(8-19(17)30-12-25-26-13-30)28-20-9-18(27-14-2-3-14)21-24-11-16(10-22)31(21)29-20/h4-5,8-9,12-14,16,23,27H,2-3,6-7,11H2,1H3,(H,28,29). The van der Waals surface area contributed by atoms with Crippen LogP contribution in [0.4, 0.5) is 11.4 Å². The van der Waals surface area contributed by atoms with Gasteiger partial charge in [-0.3, -0.25) is 9.56 Å². The Morgan fingerprint density at radius 3 is 2.84 bits per heavy atom. The first kappa shape index (κ1) is 20.0. The molecule has 1 aromatic heterocycles. The number of anilines is 2. The van der Waals surface area contributed by atoms with E-state index < -0.39 is 6.04 Å². The van der Waals surface area contributed by atoms with Crippen LogP contribution in [0.2, 0.25) is 0 Å². The number of benzene rings is 1. The third kappa shape index (κ3) is 4.13. The van der Waals surface area contributed by atoms with E-state index in [-0.39, 0.29) is 0 Å². The summed E-state index contributed by atoms with van der Waals surface area (Å²) in [6, 6.07) is 8.31. The number of aromatic nitrogens is 3. The number of hydrogen-bond acceptors (Lipinski definition) is 10. The summed E-state index contributed by atoms with van der Waals surface area (Å²) in [5.74, 6) is 1.38. The fraction of sp³-hybridized carbons (Fsp3) is 0.381. The Labute approximate surface area is 185 Å². The molecule has 1 saturated carbocycles. The third-order valence-corrected chi connectivity index (χ3v) is 5.34. The van der Waals surface area contributed by atoms with Crippen molar-refractivity contribution in [3.05, 3.63) is 42.6 Å². The maximum atomic E-state index is 9.50. The fourth-order valence-corrected chi connectivity index (χ4v) is 3.59.